The molecule has 0 atom stereocenters. The number of benzene rings is 1. The topological polar surface area (TPSA) is 50.9 Å². The van der Waals surface area contributed by atoms with Crippen molar-refractivity contribution in [1.82, 2.24) is 4.98 Å². The molecule has 0 aliphatic heterocycles. The Balaban J connectivity index is 2.75. The number of pyridine rings is 1. The monoisotopic (exact) mass is 265 g/mol. The molecular weight excluding hydrogens is 254 g/mol. The molecule has 0 unspecified atom stereocenters. The van der Waals surface area contributed by atoms with Crippen molar-refractivity contribution < 1.29 is 0 Å². The normalized spacial score (nSPS) is 10.6. The highest BCUT2D eigenvalue weighted by atomic mass is 79.9. The Hall–Kier alpha value is -1.13. The number of nitrogens with two attached hydrogens (primary N) is 1. The summed E-state index contributed by atoms with van der Waals surface area (Å²) in [4.78, 5) is 4.46. The van der Waals surface area contributed by atoms with E-state index in [1.54, 1.807) is 0 Å². The van der Waals surface area contributed by atoms with E-state index in [4.69, 9.17) is 5.73 Å². The molecule has 1 heterocycles. The van der Waals surface area contributed by atoms with Crippen molar-refractivity contribution in [2.75, 3.05) is 12.4 Å². The number of hydrogen-bond acceptors (Lipinski definition) is 3. The van der Waals surface area contributed by atoms with Crippen LogP contribution in [0.15, 0.2) is 28.7 Å². The Morgan fingerprint density at radius 3 is 2.87 bits per heavy atom. The van der Waals surface area contributed by atoms with Gasteiger partial charge in [0.15, 0.2) is 0 Å². The number of rotatable bonds is 2. The quantitative estimate of drug-likeness (QED) is 0.878. The van der Waals surface area contributed by atoms with E-state index in [-0.39, 0.29) is 0 Å². The van der Waals surface area contributed by atoms with Crippen molar-refractivity contribution in [3.63, 3.8) is 0 Å². The minimum atomic E-state index is 0.459. The summed E-state index contributed by atoms with van der Waals surface area (Å²) in [5.41, 5.74) is 8.51. The van der Waals surface area contributed by atoms with Crippen molar-refractivity contribution in [2.45, 2.75) is 6.54 Å². The Morgan fingerprint density at radius 1 is 1.40 bits per heavy atom. The highest BCUT2D eigenvalue weighted by Crippen LogP contribution is 2.25. The molecule has 3 nitrogen and oxygen atoms in total. The van der Waals surface area contributed by atoms with Gasteiger partial charge in [0.2, 0.25) is 0 Å². The van der Waals surface area contributed by atoms with E-state index in [2.05, 4.69) is 32.3 Å². The third kappa shape index (κ3) is 1.96. The van der Waals surface area contributed by atoms with E-state index in [9.17, 15) is 0 Å². The number of hydrogen-bond donors (Lipinski definition) is 2. The van der Waals surface area contributed by atoms with Gasteiger partial charge in [-0.1, -0.05) is 15.9 Å². The molecule has 3 N–H and O–H groups in total. The van der Waals surface area contributed by atoms with E-state index >= 15 is 0 Å². The summed E-state index contributed by atoms with van der Waals surface area (Å²) in [5.74, 6) is 0. The lowest BCUT2D eigenvalue weighted by atomic mass is 10.1. The molecule has 0 aliphatic rings. The Morgan fingerprint density at radius 2 is 2.20 bits per heavy atom. The van der Waals surface area contributed by atoms with Gasteiger partial charge >= 0.3 is 0 Å². The third-order valence-corrected chi connectivity index (χ3v) is 2.80. The summed E-state index contributed by atoms with van der Waals surface area (Å²) in [7, 11) is 1.90. The molecule has 1 aromatic heterocycles. The van der Waals surface area contributed by atoms with Crippen molar-refractivity contribution in [2.24, 2.45) is 5.73 Å². The number of fused-ring (bicyclic) bond motifs is 1. The van der Waals surface area contributed by atoms with E-state index in [1.807, 2.05) is 25.2 Å². The summed E-state index contributed by atoms with van der Waals surface area (Å²) in [6.07, 6.45) is 0. The van der Waals surface area contributed by atoms with E-state index in [0.29, 0.717) is 6.54 Å². The molecule has 0 radical (unpaired) electrons. The Labute approximate surface area is 96.8 Å². The maximum Gasteiger partial charge on any atom is 0.0727 e. The van der Waals surface area contributed by atoms with Gasteiger partial charge in [0.05, 0.1) is 11.2 Å². The average molecular weight is 266 g/mol. The molecule has 0 amide bonds. The highest BCUT2D eigenvalue weighted by Gasteiger charge is 2.04. The number of nitrogens with zero attached hydrogens (tertiary/aromatic N) is 1. The Kier molecular flexibility index (Phi) is 2.88. The fourth-order valence-electron chi connectivity index (χ4n) is 1.56. The molecule has 0 saturated carbocycles. The van der Waals surface area contributed by atoms with E-state index in [1.165, 1.54) is 0 Å². The van der Waals surface area contributed by atoms with Gasteiger partial charge in [-0.15, -0.1) is 0 Å². The SMILES string of the molecule is CNc1cc(CN)nc2ccc(Br)cc12. The predicted molar refractivity (Wildman–Crippen MR) is 66.9 cm³/mol. The van der Waals surface area contributed by atoms with Crippen LogP contribution in [0.1, 0.15) is 5.69 Å². The van der Waals surface area contributed by atoms with E-state index in [0.717, 1.165) is 26.8 Å². The molecule has 1 aromatic carbocycles. The van der Waals surface area contributed by atoms with Crippen LogP contribution in [0.2, 0.25) is 0 Å². The van der Waals surface area contributed by atoms with Crippen LogP contribution in [0.4, 0.5) is 5.69 Å². The molecule has 78 valence electrons. The molecule has 0 fully saturated rings. The first-order chi connectivity index (χ1) is 7.24. The zero-order chi connectivity index (χ0) is 10.8. The van der Waals surface area contributed by atoms with Crippen LogP contribution in [0, 0.1) is 0 Å². The molecule has 0 spiro atoms. The predicted octanol–water partition coefficient (Wildman–Crippen LogP) is 2.50. The van der Waals surface area contributed by atoms with Gasteiger partial charge in [-0.2, -0.15) is 0 Å². The molecule has 0 aliphatic carbocycles. The van der Waals surface area contributed by atoms with Crippen LogP contribution in [0.5, 0.6) is 0 Å². The summed E-state index contributed by atoms with van der Waals surface area (Å²) < 4.78 is 1.05. The second-order valence-corrected chi connectivity index (χ2v) is 4.19. The number of aromatic nitrogens is 1. The second-order valence-electron chi connectivity index (χ2n) is 3.28. The molecule has 0 bridgehead atoms. The third-order valence-electron chi connectivity index (χ3n) is 2.30. The molecule has 4 heteroatoms. The van der Waals surface area contributed by atoms with Crippen LogP contribution < -0.4 is 11.1 Å². The van der Waals surface area contributed by atoms with Crippen molar-refractivity contribution in [3.8, 4) is 0 Å². The van der Waals surface area contributed by atoms with Crippen molar-refractivity contribution in [1.29, 1.82) is 0 Å². The minimum Gasteiger partial charge on any atom is -0.388 e. The van der Waals surface area contributed by atoms with Crippen LogP contribution in [0.25, 0.3) is 10.9 Å². The first kappa shape index (κ1) is 10.4. The summed E-state index contributed by atoms with van der Waals surface area (Å²) in [6, 6.07) is 8.00. The second kappa shape index (κ2) is 4.16. The lowest BCUT2D eigenvalue weighted by molar-refractivity contribution is 1.01. The lowest BCUT2D eigenvalue weighted by Crippen LogP contribution is -2.02. The largest absolute Gasteiger partial charge is 0.388 e. The molecular formula is C11H12BrN3. The van der Waals surface area contributed by atoms with Crippen molar-refractivity contribution >= 4 is 32.5 Å². The number of nitrogens with one attached hydrogen (secondary N) is 1. The van der Waals surface area contributed by atoms with Gasteiger partial charge in [-0.3, -0.25) is 4.98 Å². The summed E-state index contributed by atoms with van der Waals surface area (Å²) in [6.45, 7) is 0.459. The number of anilines is 1. The van der Waals surface area contributed by atoms with Gasteiger partial charge in [-0.05, 0) is 24.3 Å². The van der Waals surface area contributed by atoms with Crippen LogP contribution in [-0.2, 0) is 6.54 Å². The fourth-order valence-corrected chi connectivity index (χ4v) is 1.93. The smallest absolute Gasteiger partial charge is 0.0727 e. The van der Waals surface area contributed by atoms with Crippen LogP contribution >= 0.6 is 15.9 Å². The van der Waals surface area contributed by atoms with Gasteiger partial charge in [0.1, 0.15) is 0 Å². The minimum absolute atomic E-state index is 0.459. The maximum atomic E-state index is 5.59. The first-order valence-corrected chi connectivity index (χ1v) is 5.51. The lowest BCUT2D eigenvalue weighted by Gasteiger charge is -2.08. The molecule has 2 aromatic rings. The fraction of sp³-hybridized carbons (Fsp3) is 0.182. The van der Waals surface area contributed by atoms with Crippen LogP contribution in [0.3, 0.4) is 0 Å². The molecule has 15 heavy (non-hydrogen) atoms. The maximum absolute atomic E-state index is 5.59. The zero-order valence-electron chi connectivity index (χ0n) is 8.42. The van der Waals surface area contributed by atoms with Crippen LogP contribution in [-0.4, -0.2) is 12.0 Å². The average Bonchev–Trinajstić information content (AvgIpc) is 2.27. The number of halogens is 1. The van der Waals surface area contributed by atoms with Gasteiger partial charge in [0.25, 0.3) is 0 Å². The first-order valence-electron chi connectivity index (χ1n) is 4.71. The van der Waals surface area contributed by atoms with Crippen molar-refractivity contribution in [3.05, 3.63) is 34.4 Å². The standard InChI is InChI=1S/C11H12BrN3/c1-14-11-5-8(6-13)15-10-3-2-7(12)4-9(10)11/h2-5H,6,13H2,1H3,(H,14,15). The summed E-state index contributed by atoms with van der Waals surface area (Å²) >= 11 is 3.45. The Bertz CT molecular complexity index is 496. The highest BCUT2D eigenvalue weighted by molar-refractivity contribution is 9.10. The van der Waals surface area contributed by atoms with E-state index < -0.39 is 0 Å². The van der Waals surface area contributed by atoms with Gasteiger partial charge in [0, 0.05) is 29.1 Å². The summed E-state index contributed by atoms with van der Waals surface area (Å²) in [5, 5.41) is 4.26. The molecule has 0 saturated heterocycles. The van der Waals surface area contributed by atoms with Gasteiger partial charge < -0.3 is 11.1 Å². The zero-order valence-corrected chi connectivity index (χ0v) is 10.0. The van der Waals surface area contributed by atoms with Gasteiger partial charge in [-0.25, -0.2) is 0 Å². The molecule has 2 rings (SSSR count).